The molecule has 38 heavy (non-hydrogen) atoms. The Labute approximate surface area is 217 Å². The van der Waals surface area contributed by atoms with Gasteiger partial charge in [-0.15, -0.1) is 0 Å². The second kappa shape index (κ2) is 10.6. The van der Waals surface area contributed by atoms with Gasteiger partial charge in [0, 0.05) is 61.8 Å². The van der Waals surface area contributed by atoms with Crippen LogP contribution in [0.2, 0.25) is 0 Å². The number of fused-ring (bicyclic) bond motifs is 1. The van der Waals surface area contributed by atoms with Crippen molar-refractivity contribution in [2.45, 2.75) is 31.2 Å². The van der Waals surface area contributed by atoms with Crippen molar-refractivity contribution in [1.82, 2.24) is 10.3 Å². The topological polar surface area (TPSA) is 112 Å². The number of carbonyl (C=O) groups is 1. The van der Waals surface area contributed by atoms with E-state index in [0.29, 0.717) is 37.6 Å². The van der Waals surface area contributed by atoms with Crippen LogP contribution in [0, 0.1) is 17.5 Å². The van der Waals surface area contributed by atoms with Gasteiger partial charge in [-0.25, -0.2) is 18.0 Å². The van der Waals surface area contributed by atoms with E-state index in [2.05, 4.69) is 10.5 Å². The fraction of sp³-hybridized carbons (Fsp3) is 0.385. The molecule has 1 saturated heterocycles. The van der Waals surface area contributed by atoms with Gasteiger partial charge < -0.3 is 25.1 Å². The molecule has 2 atom stereocenters. The van der Waals surface area contributed by atoms with E-state index in [0.717, 1.165) is 25.1 Å². The third kappa shape index (κ3) is 5.33. The van der Waals surface area contributed by atoms with Gasteiger partial charge in [0.25, 0.3) is 0 Å². The average Bonchev–Trinajstić information content (AvgIpc) is 3.73. The lowest BCUT2D eigenvalue weighted by Crippen LogP contribution is -2.50. The number of nitrogens with one attached hydrogen (secondary N) is 1. The molecule has 202 valence electrons. The number of carboxylic acid groups (broad SMARTS) is 1. The van der Waals surface area contributed by atoms with E-state index in [1.165, 1.54) is 24.4 Å². The molecule has 9 nitrogen and oxygen atoms in total. The van der Waals surface area contributed by atoms with E-state index in [4.69, 9.17) is 0 Å². The Morgan fingerprint density at radius 1 is 1.11 bits per heavy atom. The summed E-state index contributed by atoms with van der Waals surface area (Å²) in [5.74, 6) is -3.79. The minimum Gasteiger partial charge on any atom is -0.478 e. The summed E-state index contributed by atoms with van der Waals surface area (Å²) >= 11 is 0. The van der Waals surface area contributed by atoms with Crippen LogP contribution in [0.1, 0.15) is 30.1 Å². The number of benzene rings is 2. The Morgan fingerprint density at radius 3 is 2.53 bits per heavy atom. The quantitative estimate of drug-likeness (QED) is 0.233. The van der Waals surface area contributed by atoms with E-state index in [9.17, 15) is 28.9 Å². The molecule has 2 aromatic carbocycles. The lowest BCUT2D eigenvalue weighted by Gasteiger charge is -2.38. The highest BCUT2D eigenvalue weighted by Crippen LogP contribution is 2.44. The SMILES string of the molecule is O=C(O)C1=CN(C2CC2)c2cc(N3CCN(CC(O)NN=Cc4cccc(F)c4F)CC3)c(F)cc2C1O. The van der Waals surface area contributed by atoms with Crippen molar-refractivity contribution in [1.29, 1.82) is 0 Å². The maximum Gasteiger partial charge on any atom is 0.336 e. The second-order valence-corrected chi connectivity index (χ2v) is 9.63. The lowest BCUT2D eigenvalue weighted by atomic mass is 9.95. The smallest absolute Gasteiger partial charge is 0.336 e. The van der Waals surface area contributed by atoms with Crippen LogP contribution in [0.5, 0.6) is 0 Å². The molecule has 0 bridgehead atoms. The molecule has 0 spiro atoms. The molecule has 2 aromatic rings. The minimum atomic E-state index is -1.41. The number of hydrogen-bond acceptors (Lipinski definition) is 8. The van der Waals surface area contributed by atoms with Gasteiger partial charge in [-0.1, -0.05) is 12.1 Å². The van der Waals surface area contributed by atoms with Crippen molar-refractivity contribution < 1.29 is 33.3 Å². The molecular formula is C26H28F3N5O4. The maximum atomic E-state index is 15.2. The standard InChI is InChI=1S/C26H28F3N5O4/c27-19-3-1-2-15(24(19)29)12-30-31-23(35)14-32-6-8-33(9-7-32)22-11-21-17(10-20(22)28)25(36)18(26(37)38)13-34(21)16-4-5-16/h1-3,10-13,16,23,25,31,35-36H,4-9,14H2,(H,37,38). The lowest BCUT2D eigenvalue weighted by molar-refractivity contribution is -0.133. The van der Waals surface area contributed by atoms with Crippen molar-refractivity contribution in [3.63, 3.8) is 0 Å². The molecule has 2 fully saturated rings. The molecule has 3 aliphatic rings. The van der Waals surface area contributed by atoms with Crippen LogP contribution in [0.3, 0.4) is 0 Å². The predicted octanol–water partition coefficient (Wildman–Crippen LogP) is 2.15. The van der Waals surface area contributed by atoms with Gasteiger partial charge in [-0.2, -0.15) is 5.10 Å². The molecule has 2 aliphatic heterocycles. The number of hydrogen-bond donors (Lipinski definition) is 4. The van der Waals surface area contributed by atoms with E-state index in [-0.39, 0.29) is 29.3 Å². The summed E-state index contributed by atoms with van der Waals surface area (Å²) in [6.45, 7) is 2.21. The molecule has 2 unspecified atom stereocenters. The number of aliphatic hydroxyl groups is 2. The van der Waals surface area contributed by atoms with Crippen LogP contribution in [0.4, 0.5) is 24.5 Å². The molecule has 12 heteroatoms. The largest absolute Gasteiger partial charge is 0.478 e. The first-order valence-corrected chi connectivity index (χ1v) is 12.4. The fourth-order valence-electron chi connectivity index (χ4n) is 4.81. The number of halogens is 3. The monoisotopic (exact) mass is 531 g/mol. The molecule has 1 aliphatic carbocycles. The first-order valence-electron chi connectivity index (χ1n) is 12.4. The minimum absolute atomic E-state index is 0.0483. The van der Waals surface area contributed by atoms with Gasteiger partial charge in [-0.05, 0) is 31.0 Å². The zero-order valence-corrected chi connectivity index (χ0v) is 20.4. The van der Waals surface area contributed by atoms with Crippen LogP contribution in [-0.4, -0.2) is 77.4 Å². The summed E-state index contributed by atoms with van der Waals surface area (Å²) in [7, 11) is 0. The molecule has 2 heterocycles. The predicted molar refractivity (Wildman–Crippen MR) is 134 cm³/mol. The maximum absolute atomic E-state index is 15.2. The van der Waals surface area contributed by atoms with E-state index >= 15 is 4.39 Å². The molecule has 1 saturated carbocycles. The van der Waals surface area contributed by atoms with Gasteiger partial charge in [-0.3, -0.25) is 10.3 Å². The number of aliphatic carboxylic acids is 1. The van der Waals surface area contributed by atoms with Gasteiger partial charge in [0.15, 0.2) is 17.9 Å². The Kier molecular flexibility index (Phi) is 7.28. The van der Waals surface area contributed by atoms with Crippen LogP contribution in [0.15, 0.2) is 47.2 Å². The van der Waals surface area contributed by atoms with Crippen molar-refractivity contribution in [2.24, 2.45) is 5.10 Å². The first kappa shape index (κ1) is 26.0. The molecule has 0 aromatic heterocycles. The Bertz CT molecular complexity index is 1280. The first-order chi connectivity index (χ1) is 18.2. The van der Waals surface area contributed by atoms with E-state index in [1.54, 1.807) is 6.07 Å². The molecule has 5 rings (SSSR count). The Hall–Kier alpha value is -3.61. The van der Waals surface area contributed by atoms with Gasteiger partial charge >= 0.3 is 5.97 Å². The second-order valence-electron chi connectivity index (χ2n) is 9.63. The van der Waals surface area contributed by atoms with Crippen molar-refractivity contribution in [2.75, 3.05) is 42.5 Å². The normalized spacial score (nSPS) is 20.9. The zero-order valence-electron chi connectivity index (χ0n) is 20.4. The third-order valence-electron chi connectivity index (χ3n) is 6.98. The Morgan fingerprint density at radius 2 is 1.84 bits per heavy atom. The summed E-state index contributed by atoms with van der Waals surface area (Å²) < 4.78 is 42.1. The summed E-state index contributed by atoms with van der Waals surface area (Å²) in [6.07, 6.45) is 1.86. The number of β-amino-alcohol motifs (C(OH)–C–C–N with tert-alkyl or cyclic N) is 1. The number of hydrazone groups is 1. The summed E-state index contributed by atoms with van der Waals surface area (Å²) in [5, 5.41) is 34.1. The molecular weight excluding hydrogens is 503 g/mol. The highest BCUT2D eigenvalue weighted by molar-refractivity contribution is 5.91. The van der Waals surface area contributed by atoms with Crippen LogP contribution in [0.25, 0.3) is 0 Å². The fourth-order valence-corrected chi connectivity index (χ4v) is 4.81. The highest BCUT2D eigenvalue weighted by Gasteiger charge is 2.38. The van der Waals surface area contributed by atoms with Crippen molar-refractivity contribution >= 4 is 23.6 Å². The summed E-state index contributed by atoms with van der Waals surface area (Å²) in [4.78, 5) is 17.3. The van der Waals surface area contributed by atoms with Crippen LogP contribution < -0.4 is 15.2 Å². The number of aliphatic hydroxyl groups excluding tert-OH is 2. The number of nitrogens with zero attached hydrogens (tertiary/aromatic N) is 4. The summed E-state index contributed by atoms with van der Waals surface area (Å²) in [6, 6.07) is 6.74. The number of rotatable bonds is 8. The number of anilines is 2. The zero-order chi connectivity index (χ0) is 27.0. The van der Waals surface area contributed by atoms with Gasteiger partial charge in [0.05, 0.1) is 17.5 Å². The van der Waals surface area contributed by atoms with Crippen molar-refractivity contribution in [3.05, 3.63) is 70.7 Å². The van der Waals surface area contributed by atoms with Crippen LogP contribution in [-0.2, 0) is 4.79 Å². The summed E-state index contributed by atoms with van der Waals surface area (Å²) in [5.41, 5.74) is 3.48. The van der Waals surface area contributed by atoms with E-state index < -0.39 is 35.8 Å². The molecule has 4 N–H and O–H groups in total. The number of piperazine rings is 1. The third-order valence-corrected chi connectivity index (χ3v) is 6.98. The Balaban J connectivity index is 1.20. The average molecular weight is 532 g/mol. The molecule has 0 radical (unpaired) electrons. The van der Waals surface area contributed by atoms with Gasteiger partial charge in [0.1, 0.15) is 11.9 Å². The highest BCUT2D eigenvalue weighted by atomic mass is 19.2. The van der Waals surface area contributed by atoms with Gasteiger partial charge in [0.2, 0.25) is 0 Å². The van der Waals surface area contributed by atoms with E-state index in [1.807, 2.05) is 14.7 Å². The van der Waals surface area contributed by atoms with Crippen LogP contribution >= 0.6 is 0 Å². The molecule has 0 amide bonds. The van der Waals surface area contributed by atoms with Crippen molar-refractivity contribution in [3.8, 4) is 0 Å². The number of carboxylic acids is 1.